The molecule has 0 unspecified atom stereocenters. The first-order valence-electron chi connectivity index (χ1n) is 7.62. The molecule has 0 bridgehead atoms. The molecular weight excluding hydrogens is 348 g/mol. The average molecular weight is 363 g/mol. The summed E-state index contributed by atoms with van der Waals surface area (Å²) in [5.74, 6) is 0.973. The molecule has 1 aromatic heterocycles. The van der Waals surface area contributed by atoms with Crippen LogP contribution in [0.1, 0.15) is 6.42 Å². The first-order chi connectivity index (χ1) is 12.1. The van der Waals surface area contributed by atoms with Gasteiger partial charge < -0.3 is 15.0 Å². The van der Waals surface area contributed by atoms with Crippen LogP contribution in [0.25, 0.3) is 0 Å². The number of rotatable bonds is 6. The Labute approximate surface area is 148 Å². The van der Waals surface area contributed by atoms with Crippen molar-refractivity contribution in [3.8, 4) is 5.75 Å². The minimum Gasteiger partial charge on any atom is -0.482 e. The van der Waals surface area contributed by atoms with E-state index in [4.69, 9.17) is 16.3 Å². The van der Waals surface area contributed by atoms with E-state index in [9.17, 15) is 14.9 Å². The number of para-hydroxylation sites is 2. The molecule has 0 spiro atoms. The number of anilines is 2. The number of pyridine rings is 1. The van der Waals surface area contributed by atoms with E-state index in [0.717, 1.165) is 11.9 Å². The number of carbonyl (C=O) groups excluding carboxylic acids is 1. The van der Waals surface area contributed by atoms with E-state index in [1.54, 1.807) is 4.90 Å². The zero-order chi connectivity index (χ0) is 17.8. The van der Waals surface area contributed by atoms with Gasteiger partial charge in [0.1, 0.15) is 17.8 Å². The highest BCUT2D eigenvalue weighted by molar-refractivity contribution is 6.33. The molecule has 0 saturated carbocycles. The number of amides is 1. The highest BCUT2D eigenvalue weighted by atomic mass is 35.5. The molecule has 1 aliphatic rings. The number of aromatic nitrogens is 1. The number of nitrogens with zero attached hydrogens (tertiary/aromatic N) is 3. The first-order valence-corrected chi connectivity index (χ1v) is 8.00. The van der Waals surface area contributed by atoms with E-state index >= 15 is 0 Å². The molecule has 1 aliphatic heterocycles. The summed E-state index contributed by atoms with van der Waals surface area (Å²) in [4.78, 5) is 27.8. The molecule has 2 heterocycles. The summed E-state index contributed by atoms with van der Waals surface area (Å²) < 4.78 is 5.40. The number of nitro groups is 1. The Balaban J connectivity index is 1.57. The van der Waals surface area contributed by atoms with Gasteiger partial charge in [-0.3, -0.25) is 14.9 Å². The number of hydrogen-bond acceptors (Lipinski definition) is 6. The number of hydrogen-bond donors (Lipinski definition) is 1. The molecule has 0 saturated heterocycles. The molecule has 1 amide bonds. The Morgan fingerprint density at radius 2 is 2.20 bits per heavy atom. The third-order valence-electron chi connectivity index (χ3n) is 3.70. The van der Waals surface area contributed by atoms with E-state index in [0.29, 0.717) is 31.1 Å². The van der Waals surface area contributed by atoms with Crippen LogP contribution in [0.15, 0.2) is 36.5 Å². The van der Waals surface area contributed by atoms with Crippen LogP contribution in [0.4, 0.5) is 17.2 Å². The van der Waals surface area contributed by atoms with E-state index in [-0.39, 0.29) is 23.2 Å². The maximum Gasteiger partial charge on any atom is 0.289 e. The van der Waals surface area contributed by atoms with Crippen molar-refractivity contribution in [2.75, 3.05) is 29.9 Å². The number of halogens is 1. The fourth-order valence-corrected chi connectivity index (χ4v) is 2.73. The predicted molar refractivity (Wildman–Crippen MR) is 93.3 cm³/mol. The quantitative estimate of drug-likeness (QED) is 0.482. The van der Waals surface area contributed by atoms with Crippen molar-refractivity contribution in [1.82, 2.24) is 4.98 Å². The summed E-state index contributed by atoms with van der Waals surface area (Å²) in [6.45, 7) is 1.05. The Hall–Kier alpha value is -2.87. The van der Waals surface area contributed by atoms with Crippen molar-refractivity contribution in [2.45, 2.75) is 6.42 Å². The Kier molecular flexibility index (Phi) is 4.99. The fraction of sp³-hybridized carbons (Fsp3) is 0.250. The molecule has 0 aliphatic carbocycles. The molecule has 8 nitrogen and oxygen atoms in total. The van der Waals surface area contributed by atoms with Gasteiger partial charge in [0.15, 0.2) is 6.61 Å². The van der Waals surface area contributed by atoms with Gasteiger partial charge in [0.25, 0.3) is 11.6 Å². The first kappa shape index (κ1) is 17.0. The third kappa shape index (κ3) is 3.80. The van der Waals surface area contributed by atoms with E-state index in [1.165, 1.54) is 6.07 Å². The van der Waals surface area contributed by atoms with Crippen LogP contribution < -0.4 is 15.0 Å². The Morgan fingerprint density at radius 3 is 2.96 bits per heavy atom. The van der Waals surface area contributed by atoms with Gasteiger partial charge in [-0.15, -0.1) is 0 Å². The van der Waals surface area contributed by atoms with E-state index < -0.39 is 4.92 Å². The highest BCUT2D eigenvalue weighted by Gasteiger charge is 2.24. The predicted octanol–water partition coefficient (Wildman–Crippen LogP) is 2.87. The number of benzene rings is 1. The second kappa shape index (κ2) is 7.35. The van der Waals surface area contributed by atoms with Gasteiger partial charge in [0, 0.05) is 19.2 Å². The molecule has 130 valence electrons. The molecule has 9 heteroatoms. The summed E-state index contributed by atoms with van der Waals surface area (Å²) in [5, 5.41) is 13.9. The van der Waals surface area contributed by atoms with Crippen molar-refractivity contribution in [3.63, 3.8) is 0 Å². The van der Waals surface area contributed by atoms with Crippen molar-refractivity contribution >= 4 is 34.7 Å². The van der Waals surface area contributed by atoms with Crippen LogP contribution >= 0.6 is 11.6 Å². The standard InChI is InChI=1S/C16H15ClN4O4/c17-12-8-11(21(23)24)9-19-16(12)18-6-3-7-20-13-4-1-2-5-14(13)25-10-15(20)22/h1-2,4-5,8-9H,3,6-7,10H2,(H,18,19). The molecule has 25 heavy (non-hydrogen) atoms. The molecule has 0 fully saturated rings. The smallest absolute Gasteiger partial charge is 0.289 e. The van der Waals surface area contributed by atoms with Gasteiger partial charge in [0.2, 0.25) is 0 Å². The number of carbonyl (C=O) groups is 1. The second-order valence-electron chi connectivity index (χ2n) is 5.36. The molecule has 3 rings (SSSR count). The number of nitrogens with one attached hydrogen (secondary N) is 1. The Morgan fingerprint density at radius 1 is 1.40 bits per heavy atom. The van der Waals surface area contributed by atoms with Gasteiger partial charge in [-0.05, 0) is 18.6 Å². The summed E-state index contributed by atoms with van der Waals surface area (Å²) in [5.41, 5.74) is 0.594. The van der Waals surface area contributed by atoms with E-state index in [1.807, 2.05) is 24.3 Å². The lowest BCUT2D eigenvalue weighted by atomic mass is 10.2. The second-order valence-corrected chi connectivity index (χ2v) is 5.77. The monoisotopic (exact) mass is 362 g/mol. The minimum absolute atomic E-state index is 0.0280. The average Bonchev–Trinajstić information content (AvgIpc) is 2.61. The van der Waals surface area contributed by atoms with Crippen LogP contribution in [0, 0.1) is 10.1 Å². The zero-order valence-corrected chi connectivity index (χ0v) is 13.9. The number of fused-ring (bicyclic) bond motifs is 1. The molecule has 0 atom stereocenters. The summed E-state index contributed by atoms with van der Waals surface area (Å²) in [6, 6.07) is 8.63. The summed E-state index contributed by atoms with van der Waals surface area (Å²) >= 11 is 5.98. The van der Waals surface area contributed by atoms with Gasteiger partial charge in [0.05, 0.1) is 15.6 Å². The van der Waals surface area contributed by atoms with Crippen LogP contribution in [0.2, 0.25) is 5.02 Å². The summed E-state index contributed by atoms with van der Waals surface area (Å²) in [6.07, 6.45) is 1.80. The van der Waals surface area contributed by atoms with Gasteiger partial charge in [-0.25, -0.2) is 4.98 Å². The molecule has 2 aromatic rings. The largest absolute Gasteiger partial charge is 0.482 e. The van der Waals surface area contributed by atoms with Crippen LogP contribution in [-0.4, -0.2) is 35.5 Å². The lowest BCUT2D eigenvalue weighted by Gasteiger charge is -2.29. The van der Waals surface area contributed by atoms with Crippen molar-refractivity contribution in [3.05, 3.63) is 51.7 Å². The topological polar surface area (TPSA) is 97.6 Å². The maximum absolute atomic E-state index is 12.1. The minimum atomic E-state index is -0.551. The highest BCUT2D eigenvalue weighted by Crippen LogP contribution is 2.31. The van der Waals surface area contributed by atoms with Gasteiger partial charge in [-0.2, -0.15) is 0 Å². The fourth-order valence-electron chi connectivity index (χ4n) is 2.50. The van der Waals surface area contributed by atoms with Gasteiger partial charge in [-0.1, -0.05) is 23.7 Å². The van der Waals surface area contributed by atoms with Crippen LogP contribution in [0.5, 0.6) is 5.75 Å². The van der Waals surface area contributed by atoms with Crippen molar-refractivity contribution in [1.29, 1.82) is 0 Å². The molecule has 1 aromatic carbocycles. The third-order valence-corrected chi connectivity index (χ3v) is 3.98. The Bertz CT molecular complexity index is 814. The molecule has 0 radical (unpaired) electrons. The zero-order valence-electron chi connectivity index (χ0n) is 13.1. The van der Waals surface area contributed by atoms with Crippen LogP contribution in [-0.2, 0) is 4.79 Å². The lowest BCUT2D eigenvalue weighted by molar-refractivity contribution is -0.385. The van der Waals surface area contributed by atoms with Crippen molar-refractivity contribution in [2.24, 2.45) is 0 Å². The molecular formula is C16H15ClN4O4. The SMILES string of the molecule is O=C1COc2ccccc2N1CCCNc1ncc([N+](=O)[O-])cc1Cl. The molecule has 1 N–H and O–H groups in total. The summed E-state index contributed by atoms with van der Waals surface area (Å²) in [7, 11) is 0. The number of ether oxygens (including phenoxy) is 1. The maximum atomic E-state index is 12.1. The van der Waals surface area contributed by atoms with Crippen molar-refractivity contribution < 1.29 is 14.5 Å². The van der Waals surface area contributed by atoms with Crippen LogP contribution in [0.3, 0.4) is 0 Å². The van der Waals surface area contributed by atoms with Gasteiger partial charge >= 0.3 is 0 Å². The van der Waals surface area contributed by atoms with E-state index in [2.05, 4.69) is 10.3 Å². The lowest BCUT2D eigenvalue weighted by Crippen LogP contribution is -2.39. The normalized spacial score (nSPS) is 13.2.